The molecule has 5 atom stereocenters. The van der Waals surface area contributed by atoms with Crippen molar-refractivity contribution in [3.63, 3.8) is 0 Å². The van der Waals surface area contributed by atoms with E-state index in [0.29, 0.717) is 12.5 Å². The summed E-state index contributed by atoms with van der Waals surface area (Å²) in [7, 11) is 2.00. The first kappa shape index (κ1) is 14.7. The first-order chi connectivity index (χ1) is 10.0. The molecule has 2 aliphatic rings. The van der Waals surface area contributed by atoms with Crippen LogP contribution in [0.4, 0.5) is 4.39 Å². The molecule has 0 saturated carbocycles. The van der Waals surface area contributed by atoms with Gasteiger partial charge in [-0.3, -0.25) is 9.69 Å². The lowest BCUT2D eigenvalue weighted by Gasteiger charge is -2.42. The normalized spacial score (nSPS) is 35.9. The van der Waals surface area contributed by atoms with Crippen molar-refractivity contribution in [1.29, 1.82) is 0 Å². The molecule has 2 unspecified atom stereocenters. The molecule has 114 valence electrons. The summed E-state index contributed by atoms with van der Waals surface area (Å²) in [6.07, 6.45) is 1.62. The third-order valence-corrected chi connectivity index (χ3v) is 5.30. The van der Waals surface area contributed by atoms with Crippen molar-refractivity contribution < 1.29 is 14.3 Å². The van der Waals surface area contributed by atoms with E-state index in [0.717, 1.165) is 18.4 Å². The first-order valence-electron chi connectivity index (χ1n) is 7.71. The smallest absolute Gasteiger partial charge is 0.137 e. The molecule has 2 aliphatic heterocycles. The maximum atomic E-state index is 13.2. The zero-order valence-electron chi connectivity index (χ0n) is 12.5. The van der Waals surface area contributed by atoms with Gasteiger partial charge in [0.25, 0.3) is 0 Å². The number of benzene rings is 1. The number of carbonyl (C=O) groups excluding carboxylic acids is 1. The van der Waals surface area contributed by atoms with Crippen LogP contribution in [0.1, 0.15) is 37.7 Å². The molecule has 1 aromatic rings. The van der Waals surface area contributed by atoms with E-state index in [-0.39, 0.29) is 29.5 Å². The Balaban J connectivity index is 1.98. The van der Waals surface area contributed by atoms with Crippen LogP contribution in [0.2, 0.25) is 0 Å². The van der Waals surface area contributed by atoms with Crippen LogP contribution < -0.4 is 0 Å². The van der Waals surface area contributed by atoms with Crippen LogP contribution in [0.3, 0.4) is 0 Å². The maximum absolute atomic E-state index is 13.2. The highest BCUT2D eigenvalue weighted by atomic mass is 19.1. The van der Waals surface area contributed by atoms with Gasteiger partial charge in [0.2, 0.25) is 0 Å². The molecule has 3 nitrogen and oxygen atoms in total. The Hall–Kier alpha value is -1.26. The van der Waals surface area contributed by atoms with Gasteiger partial charge in [0.1, 0.15) is 11.6 Å². The highest BCUT2D eigenvalue weighted by molar-refractivity contribution is 5.83. The summed E-state index contributed by atoms with van der Waals surface area (Å²) in [6, 6.07) is 6.69. The molecular weight excluding hydrogens is 269 g/mol. The average Bonchev–Trinajstić information content (AvgIpc) is 2.66. The number of hydrogen-bond acceptors (Lipinski definition) is 3. The van der Waals surface area contributed by atoms with Gasteiger partial charge in [-0.2, -0.15) is 0 Å². The van der Waals surface area contributed by atoms with Gasteiger partial charge >= 0.3 is 0 Å². The Bertz CT molecular complexity index is 530. The Morgan fingerprint density at radius 3 is 2.62 bits per heavy atom. The van der Waals surface area contributed by atoms with E-state index in [1.54, 1.807) is 12.1 Å². The number of nitrogens with zero attached hydrogens (tertiary/aromatic N) is 1. The third-order valence-electron chi connectivity index (χ3n) is 5.30. The van der Waals surface area contributed by atoms with Crippen LogP contribution >= 0.6 is 0 Å². The Morgan fingerprint density at radius 2 is 2.00 bits per heavy atom. The lowest BCUT2D eigenvalue weighted by atomic mass is 9.73. The van der Waals surface area contributed by atoms with Crippen LogP contribution in [0.15, 0.2) is 24.3 Å². The van der Waals surface area contributed by atoms with E-state index >= 15 is 0 Å². The fourth-order valence-corrected chi connectivity index (χ4v) is 4.24. The van der Waals surface area contributed by atoms with Gasteiger partial charge in [-0.05, 0) is 43.5 Å². The van der Waals surface area contributed by atoms with E-state index in [1.165, 1.54) is 12.1 Å². The van der Waals surface area contributed by atoms with Crippen LogP contribution in [0.5, 0.6) is 0 Å². The molecule has 2 fully saturated rings. The number of aliphatic hydroxyl groups is 1. The molecule has 2 bridgehead atoms. The molecule has 0 amide bonds. The number of Topliss-reactive ketones (excluding diaryl/α,β-unsaturated/α-hetero) is 1. The molecule has 2 heterocycles. The summed E-state index contributed by atoms with van der Waals surface area (Å²) >= 11 is 0. The monoisotopic (exact) mass is 291 g/mol. The summed E-state index contributed by atoms with van der Waals surface area (Å²) in [4.78, 5) is 14.7. The molecule has 2 saturated heterocycles. The topological polar surface area (TPSA) is 40.5 Å². The lowest BCUT2D eigenvalue weighted by Crippen LogP contribution is -2.51. The number of rotatable bonds is 3. The van der Waals surface area contributed by atoms with Gasteiger partial charge in [0.05, 0.1) is 6.10 Å². The van der Waals surface area contributed by atoms with Crippen LogP contribution in [-0.2, 0) is 4.79 Å². The highest BCUT2D eigenvalue weighted by Gasteiger charge is 2.52. The SMILES string of the molecule is CCC(=O)[C@@H]1[C@H]2C(O)CC(C[C@H]1c1ccc(F)cc1)N2C. The Morgan fingerprint density at radius 1 is 1.33 bits per heavy atom. The van der Waals surface area contributed by atoms with Gasteiger partial charge < -0.3 is 5.11 Å². The minimum absolute atomic E-state index is 0.0846. The zero-order chi connectivity index (χ0) is 15.1. The fourth-order valence-electron chi connectivity index (χ4n) is 4.24. The summed E-state index contributed by atoms with van der Waals surface area (Å²) in [5.74, 6) is -0.172. The molecule has 0 spiro atoms. The van der Waals surface area contributed by atoms with Crippen LogP contribution in [-0.4, -0.2) is 41.0 Å². The van der Waals surface area contributed by atoms with Gasteiger partial charge in [-0.25, -0.2) is 4.39 Å². The largest absolute Gasteiger partial charge is 0.391 e. The molecule has 1 N–H and O–H groups in total. The molecule has 21 heavy (non-hydrogen) atoms. The predicted octanol–water partition coefficient (Wildman–Crippen LogP) is 2.34. The van der Waals surface area contributed by atoms with Crippen molar-refractivity contribution >= 4 is 5.78 Å². The van der Waals surface area contributed by atoms with Crippen molar-refractivity contribution in [2.45, 2.75) is 50.3 Å². The van der Waals surface area contributed by atoms with Gasteiger partial charge in [-0.15, -0.1) is 0 Å². The van der Waals surface area contributed by atoms with Gasteiger partial charge in [0.15, 0.2) is 0 Å². The van der Waals surface area contributed by atoms with Crippen LogP contribution in [0, 0.1) is 11.7 Å². The second kappa shape index (κ2) is 5.50. The summed E-state index contributed by atoms with van der Waals surface area (Å²) < 4.78 is 13.2. The number of aliphatic hydroxyl groups excluding tert-OH is 1. The number of piperidine rings is 1. The zero-order valence-corrected chi connectivity index (χ0v) is 12.5. The minimum Gasteiger partial charge on any atom is -0.391 e. The highest BCUT2D eigenvalue weighted by Crippen LogP contribution is 2.46. The number of fused-ring (bicyclic) bond motifs is 2. The van der Waals surface area contributed by atoms with Gasteiger partial charge in [0, 0.05) is 24.4 Å². The van der Waals surface area contributed by atoms with E-state index in [9.17, 15) is 14.3 Å². The molecule has 0 radical (unpaired) electrons. The van der Waals surface area contributed by atoms with Crippen molar-refractivity contribution in [1.82, 2.24) is 4.90 Å². The average molecular weight is 291 g/mol. The van der Waals surface area contributed by atoms with E-state index < -0.39 is 6.10 Å². The van der Waals surface area contributed by atoms with E-state index in [2.05, 4.69) is 4.90 Å². The lowest BCUT2D eigenvalue weighted by molar-refractivity contribution is -0.128. The first-order valence-corrected chi connectivity index (χ1v) is 7.71. The standard InChI is InChI=1S/C17H22FNO2/c1-3-14(20)16-13(10-4-6-11(18)7-5-10)8-12-9-15(21)17(16)19(12)2/h4-7,12-13,15-17,21H,3,8-9H2,1-2H3/t12?,13-,15?,16+,17+/m0/s1. The molecule has 4 heteroatoms. The number of likely N-dealkylation sites (N-methyl/N-ethyl adjacent to an activating group) is 1. The van der Waals surface area contributed by atoms with Crippen molar-refractivity contribution in [2.24, 2.45) is 5.92 Å². The molecule has 0 aromatic heterocycles. The summed E-state index contributed by atoms with van der Waals surface area (Å²) in [5.41, 5.74) is 1.01. The third kappa shape index (κ3) is 2.40. The molecular formula is C17H22FNO2. The Labute approximate surface area is 124 Å². The molecule has 3 rings (SSSR count). The fraction of sp³-hybridized carbons (Fsp3) is 0.588. The molecule has 1 aromatic carbocycles. The number of halogens is 1. The second-order valence-corrected chi connectivity index (χ2v) is 6.35. The Kier molecular flexibility index (Phi) is 3.84. The summed E-state index contributed by atoms with van der Waals surface area (Å²) in [5, 5.41) is 10.3. The molecule has 0 aliphatic carbocycles. The number of carbonyl (C=O) groups is 1. The number of hydrogen-bond donors (Lipinski definition) is 1. The van der Waals surface area contributed by atoms with Crippen LogP contribution in [0.25, 0.3) is 0 Å². The quantitative estimate of drug-likeness (QED) is 0.929. The minimum atomic E-state index is -0.439. The second-order valence-electron chi connectivity index (χ2n) is 6.35. The maximum Gasteiger partial charge on any atom is 0.137 e. The van der Waals surface area contributed by atoms with Crippen molar-refractivity contribution in [2.75, 3.05) is 7.05 Å². The number of ketones is 1. The summed E-state index contributed by atoms with van der Waals surface area (Å²) in [6.45, 7) is 1.87. The van der Waals surface area contributed by atoms with Crippen molar-refractivity contribution in [3.8, 4) is 0 Å². The van der Waals surface area contributed by atoms with E-state index in [4.69, 9.17) is 0 Å². The van der Waals surface area contributed by atoms with Crippen molar-refractivity contribution in [3.05, 3.63) is 35.6 Å². The van der Waals surface area contributed by atoms with Gasteiger partial charge in [-0.1, -0.05) is 19.1 Å². The van der Waals surface area contributed by atoms with E-state index in [1.807, 2.05) is 14.0 Å². The predicted molar refractivity (Wildman–Crippen MR) is 78.5 cm³/mol.